The van der Waals surface area contributed by atoms with Gasteiger partial charge in [0.15, 0.2) is 0 Å². The third kappa shape index (κ3) is 4.87. The average Bonchev–Trinajstić information content (AvgIpc) is 2.63. The molecule has 1 aliphatic heterocycles. The lowest BCUT2D eigenvalue weighted by atomic mass is 10.1. The monoisotopic (exact) mass is 395 g/mol. The summed E-state index contributed by atoms with van der Waals surface area (Å²) in [4.78, 5) is 17.1. The number of rotatable bonds is 5. The fourth-order valence-corrected chi connectivity index (χ4v) is 3.15. The molecule has 1 heterocycles. The Morgan fingerprint density at radius 1 is 1.15 bits per heavy atom. The van der Waals surface area contributed by atoms with E-state index in [4.69, 9.17) is 11.6 Å². The van der Waals surface area contributed by atoms with Crippen LogP contribution in [-0.4, -0.2) is 50.6 Å². The van der Waals surface area contributed by atoms with Gasteiger partial charge in [-0.3, -0.25) is 4.79 Å². The summed E-state index contributed by atoms with van der Waals surface area (Å²) in [5.41, 5.74) is 1.40. The summed E-state index contributed by atoms with van der Waals surface area (Å²) >= 11 is 6.11. The van der Waals surface area contributed by atoms with Gasteiger partial charge in [0.2, 0.25) is 0 Å². The van der Waals surface area contributed by atoms with Crippen molar-refractivity contribution >= 4 is 28.9 Å². The number of hydrogen-bond donors (Lipinski definition) is 1. The van der Waals surface area contributed by atoms with Gasteiger partial charge < -0.3 is 19.9 Å². The molecule has 8 heteroatoms. The van der Waals surface area contributed by atoms with Crippen LogP contribution in [0.4, 0.5) is 20.2 Å². The number of para-hydroxylation sites is 1. The first-order valence-corrected chi connectivity index (χ1v) is 8.90. The van der Waals surface area contributed by atoms with Crippen molar-refractivity contribution in [1.29, 1.82) is 0 Å². The first-order chi connectivity index (χ1) is 12.9. The summed E-state index contributed by atoms with van der Waals surface area (Å²) in [6.07, 6.45) is 0. The van der Waals surface area contributed by atoms with E-state index in [-0.39, 0.29) is 11.3 Å². The van der Waals surface area contributed by atoms with E-state index in [2.05, 4.69) is 26.9 Å². The van der Waals surface area contributed by atoms with Crippen molar-refractivity contribution in [3.8, 4) is 5.75 Å². The van der Waals surface area contributed by atoms with E-state index in [1.807, 2.05) is 6.07 Å². The van der Waals surface area contributed by atoms with Crippen molar-refractivity contribution in [2.24, 2.45) is 0 Å². The van der Waals surface area contributed by atoms with Gasteiger partial charge in [-0.1, -0.05) is 23.7 Å². The van der Waals surface area contributed by atoms with E-state index in [0.29, 0.717) is 10.7 Å². The Hall–Kier alpha value is -2.38. The number of alkyl halides is 2. The minimum atomic E-state index is -3.01. The second-order valence-corrected chi connectivity index (χ2v) is 6.72. The summed E-state index contributed by atoms with van der Waals surface area (Å²) in [5.74, 6) is -0.711. The van der Waals surface area contributed by atoms with Gasteiger partial charge >= 0.3 is 6.61 Å². The molecular formula is C19H20ClF2N3O2. The molecule has 5 nitrogen and oxygen atoms in total. The molecule has 1 fully saturated rings. The number of benzene rings is 2. The van der Waals surface area contributed by atoms with Crippen molar-refractivity contribution in [2.45, 2.75) is 6.61 Å². The van der Waals surface area contributed by atoms with Crippen molar-refractivity contribution in [1.82, 2.24) is 4.90 Å². The SMILES string of the molecule is CN1CCN(c2ccc(Cl)cc2NC(=O)c2ccccc2OC(F)F)CC1. The molecule has 0 aromatic heterocycles. The Bertz CT molecular complexity index is 811. The number of carbonyl (C=O) groups is 1. The molecule has 0 bridgehead atoms. The molecule has 0 radical (unpaired) electrons. The molecule has 0 aliphatic carbocycles. The highest BCUT2D eigenvalue weighted by molar-refractivity contribution is 6.31. The number of hydrogen-bond acceptors (Lipinski definition) is 4. The zero-order valence-electron chi connectivity index (χ0n) is 14.8. The van der Waals surface area contributed by atoms with E-state index in [9.17, 15) is 13.6 Å². The Morgan fingerprint density at radius 2 is 1.85 bits per heavy atom. The lowest BCUT2D eigenvalue weighted by Crippen LogP contribution is -2.44. The van der Waals surface area contributed by atoms with Gasteiger partial charge in [-0.15, -0.1) is 0 Å². The predicted octanol–water partition coefficient (Wildman–Crippen LogP) is 3.95. The maximum absolute atomic E-state index is 12.7. The molecule has 2 aromatic rings. The van der Waals surface area contributed by atoms with Crippen LogP contribution in [0.5, 0.6) is 5.75 Å². The van der Waals surface area contributed by atoms with Gasteiger partial charge in [-0.05, 0) is 37.4 Å². The fourth-order valence-electron chi connectivity index (χ4n) is 2.97. The number of likely N-dealkylation sites (N-methyl/N-ethyl adjacent to an activating group) is 1. The molecular weight excluding hydrogens is 376 g/mol. The van der Waals surface area contributed by atoms with E-state index < -0.39 is 12.5 Å². The van der Waals surface area contributed by atoms with Crippen LogP contribution in [0, 0.1) is 0 Å². The van der Waals surface area contributed by atoms with Crippen LogP contribution >= 0.6 is 11.6 Å². The molecule has 1 amide bonds. The number of carbonyl (C=O) groups excluding carboxylic acids is 1. The number of nitrogens with zero attached hydrogens (tertiary/aromatic N) is 2. The largest absolute Gasteiger partial charge is 0.434 e. The molecule has 3 rings (SSSR count). The molecule has 1 N–H and O–H groups in total. The van der Waals surface area contributed by atoms with Crippen LogP contribution in [0.25, 0.3) is 0 Å². The van der Waals surface area contributed by atoms with Crippen molar-refractivity contribution in [3.63, 3.8) is 0 Å². The Morgan fingerprint density at radius 3 is 2.56 bits per heavy atom. The van der Waals surface area contributed by atoms with Gasteiger partial charge in [0, 0.05) is 31.2 Å². The van der Waals surface area contributed by atoms with Crippen LogP contribution in [0.2, 0.25) is 5.02 Å². The van der Waals surface area contributed by atoms with E-state index >= 15 is 0 Å². The minimum absolute atomic E-state index is 0.0297. The molecule has 0 saturated carbocycles. The number of piperazine rings is 1. The summed E-state index contributed by atoms with van der Waals surface area (Å²) in [5, 5.41) is 3.26. The summed E-state index contributed by atoms with van der Waals surface area (Å²) in [6, 6.07) is 11.2. The molecule has 0 unspecified atom stereocenters. The lowest BCUT2D eigenvalue weighted by Gasteiger charge is -2.35. The molecule has 1 saturated heterocycles. The molecule has 0 atom stereocenters. The predicted molar refractivity (Wildman–Crippen MR) is 102 cm³/mol. The quantitative estimate of drug-likeness (QED) is 0.832. The number of halogens is 3. The van der Waals surface area contributed by atoms with Crippen LogP contribution in [0.3, 0.4) is 0 Å². The number of amides is 1. The lowest BCUT2D eigenvalue weighted by molar-refractivity contribution is -0.0501. The highest BCUT2D eigenvalue weighted by atomic mass is 35.5. The maximum Gasteiger partial charge on any atom is 0.387 e. The first kappa shape index (κ1) is 19.4. The normalized spacial score (nSPS) is 15.1. The number of ether oxygens (including phenoxy) is 1. The van der Waals surface area contributed by atoms with E-state index in [1.54, 1.807) is 18.2 Å². The minimum Gasteiger partial charge on any atom is -0.434 e. The highest BCUT2D eigenvalue weighted by Crippen LogP contribution is 2.31. The smallest absolute Gasteiger partial charge is 0.387 e. The van der Waals surface area contributed by atoms with Crippen LogP contribution in [-0.2, 0) is 0 Å². The van der Waals surface area contributed by atoms with Gasteiger partial charge in [0.05, 0.1) is 16.9 Å². The second-order valence-electron chi connectivity index (χ2n) is 6.28. The Labute approximate surface area is 161 Å². The van der Waals surface area contributed by atoms with Crippen LogP contribution in [0.1, 0.15) is 10.4 Å². The maximum atomic E-state index is 12.7. The third-order valence-electron chi connectivity index (χ3n) is 4.40. The van der Waals surface area contributed by atoms with Crippen molar-refractivity contribution < 1.29 is 18.3 Å². The number of nitrogens with one attached hydrogen (secondary N) is 1. The van der Waals surface area contributed by atoms with Gasteiger partial charge in [-0.2, -0.15) is 8.78 Å². The molecule has 1 aliphatic rings. The zero-order chi connectivity index (χ0) is 19.4. The van der Waals surface area contributed by atoms with Crippen LogP contribution < -0.4 is 15.0 Å². The van der Waals surface area contributed by atoms with Crippen molar-refractivity contribution in [2.75, 3.05) is 43.4 Å². The Balaban J connectivity index is 1.85. The van der Waals surface area contributed by atoms with Gasteiger partial charge in [0.1, 0.15) is 5.75 Å². The average molecular weight is 396 g/mol. The fraction of sp³-hybridized carbons (Fsp3) is 0.316. The third-order valence-corrected chi connectivity index (χ3v) is 4.63. The molecule has 0 spiro atoms. The van der Waals surface area contributed by atoms with E-state index in [1.165, 1.54) is 18.2 Å². The molecule has 27 heavy (non-hydrogen) atoms. The standard InChI is InChI=1S/C19H20ClF2N3O2/c1-24-8-10-25(11-9-24)16-7-6-13(20)12-15(16)23-18(26)14-4-2-3-5-17(14)27-19(21)22/h2-7,12,19H,8-11H2,1H3,(H,23,26). The van der Waals surface area contributed by atoms with Crippen molar-refractivity contribution in [3.05, 3.63) is 53.1 Å². The summed E-state index contributed by atoms with van der Waals surface area (Å²) < 4.78 is 29.7. The molecule has 2 aromatic carbocycles. The summed E-state index contributed by atoms with van der Waals surface area (Å²) in [6.45, 7) is 0.423. The summed E-state index contributed by atoms with van der Waals surface area (Å²) in [7, 11) is 2.06. The van der Waals surface area contributed by atoms with Crippen LogP contribution in [0.15, 0.2) is 42.5 Å². The second kappa shape index (κ2) is 8.54. The number of anilines is 2. The zero-order valence-corrected chi connectivity index (χ0v) is 15.5. The highest BCUT2D eigenvalue weighted by Gasteiger charge is 2.20. The molecule has 144 valence electrons. The van der Waals surface area contributed by atoms with E-state index in [0.717, 1.165) is 31.9 Å². The van der Waals surface area contributed by atoms with Gasteiger partial charge in [0.25, 0.3) is 5.91 Å². The Kier molecular flexibility index (Phi) is 6.13. The van der Waals surface area contributed by atoms with Gasteiger partial charge in [-0.25, -0.2) is 0 Å². The topological polar surface area (TPSA) is 44.8 Å². The first-order valence-electron chi connectivity index (χ1n) is 8.52.